The molecule has 0 bridgehead atoms. The Labute approximate surface area is 120 Å². The van der Waals surface area contributed by atoms with Gasteiger partial charge in [0, 0.05) is 0 Å². The van der Waals surface area contributed by atoms with E-state index in [1.54, 1.807) is 6.08 Å². The zero-order chi connectivity index (χ0) is 15.0. The highest BCUT2D eigenvalue weighted by Crippen LogP contribution is 2.45. The van der Waals surface area contributed by atoms with Crippen LogP contribution in [0.5, 0.6) is 5.75 Å². The molecule has 0 spiro atoms. The molecule has 0 atom stereocenters. The number of rotatable bonds is 2. The van der Waals surface area contributed by atoms with Gasteiger partial charge < -0.3 is 5.11 Å². The Morgan fingerprint density at radius 1 is 1.25 bits per heavy atom. The summed E-state index contributed by atoms with van der Waals surface area (Å²) in [5.41, 5.74) is 2.23. The lowest BCUT2D eigenvalue weighted by Crippen LogP contribution is -2.21. The Morgan fingerprint density at radius 2 is 1.85 bits per heavy atom. The molecule has 3 heteroatoms. The van der Waals surface area contributed by atoms with Crippen LogP contribution in [0.15, 0.2) is 17.1 Å². The van der Waals surface area contributed by atoms with Gasteiger partial charge in [0.2, 0.25) is 6.08 Å². The SMILES string of the molecule is Cc1cc(C2(N=C=O)CCCC2)cc(C(C)(C)C)c1O. The van der Waals surface area contributed by atoms with Crippen LogP contribution in [0.4, 0.5) is 0 Å². The van der Waals surface area contributed by atoms with Gasteiger partial charge in [-0.25, -0.2) is 4.79 Å². The van der Waals surface area contributed by atoms with Crippen LogP contribution in [0.25, 0.3) is 0 Å². The van der Waals surface area contributed by atoms with Crippen LogP contribution in [0.1, 0.15) is 63.1 Å². The van der Waals surface area contributed by atoms with E-state index in [4.69, 9.17) is 0 Å². The van der Waals surface area contributed by atoms with Gasteiger partial charge in [-0.05, 0) is 54.0 Å². The maximum absolute atomic E-state index is 10.8. The fourth-order valence-corrected chi connectivity index (χ4v) is 3.13. The first kappa shape index (κ1) is 14.8. The van der Waals surface area contributed by atoms with Crippen molar-refractivity contribution in [2.45, 2.75) is 64.3 Å². The number of hydrogen-bond acceptors (Lipinski definition) is 3. The summed E-state index contributed by atoms with van der Waals surface area (Å²) in [5.74, 6) is 0.351. The van der Waals surface area contributed by atoms with Crippen LogP contribution in [0.2, 0.25) is 0 Å². The molecule has 1 saturated carbocycles. The second-order valence-corrected chi connectivity index (χ2v) is 6.88. The number of aromatic hydroxyl groups is 1. The predicted octanol–water partition coefficient (Wildman–Crippen LogP) is 4.10. The van der Waals surface area contributed by atoms with Gasteiger partial charge in [0.1, 0.15) is 5.75 Å². The van der Waals surface area contributed by atoms with Gasteiger partial charge in [0.15, 0.2) is 0 Å². The normalized spacial score (nSPS) is 17.8. The van der Waals surface area contributed by atoms with Crippen molar-refractivity contribution in [3.8, 4) is 5.75 Å². The Hall–Kier alpha value is -1.60. The van der Waals surface area contributed by atoms with Gasteiger partial charge in [0.05, 0.1) is 5.54 Å². The topological polar surface area (TPSA) is 49.7 Å². The maximum Gasteiger partial charge on any atom is 0.235 e. The van der Waals surface area contributed by atoms with E-state index >= 15 is 0 Å². The number of nitrogens with zero attached hydrogens (tertiary/aromatic N) is 1. The zero-order valence-corrected chi connectivity index (χ0v) is 12.8. The van der Waals surface area contributed by atoms with E-state index in [9.17, 15) is 9.90 Å². The van der Waals surface area contributed by atoms with E-state index < -0.39 is 5.54 Å². The third-order valence-electron chi connectivity index (χ3n) is 4.34. The van der Waals surface area contributed by atoms with E-state index in [2.05, 4.69) is 25.8 Å². The first-order valence-electron chi connectivity index (χ1n) is 7.24. The molecular formula is C17H23NO2. The molecule has 1 fully saturated rings. The molecule has 3 nitrogen and oxygen atoms in total. The molecule has 0 aliphatic heterocycles. The number of aliphatic imine (C=N–C) groups is 1. The molecule has 108 valence electrons. The van der Waals surface area contributed by atoms with Crippen molar-refractivity contribution < 1.29 is 9.90 Å². The van der Waals surface area contributed by atoms with Gasteiger partial charge in [0.25, 0.3) is 0 Å². The summed E-state index contributed by atoms with van der Waals surface area (Å²) >= 11 is 0. The molecule has 20 heavy (non-hydrogen) atoms. The quantitative estimate of drug-likeness (QED) is 0.651. The summed E-state index contributed by atoms with van der Waals surface area (Å²) in [6, 6.07) is 3.99. The average Bonchev–Trinajstić information content (AvgIpc) is 2.81. The van der Waals surface area contributed by atoms with Crippen molar-refractivity contribution in [3.63, 3.8) is 0 Å². The van der Waals surface area contributed by atoms with E-state index in [0.717, 1.165) is 42.4 Å². The minimum Gasteiger partial charge on any atom is -0.507 e. The van der Waals surface area contributed by atoms with Crippen molar-refractivity contribution in [1.29, 1.82) is 0 Å². The molecule has 1 aromatic rings. The van der Waals surface area contributed by atoms with Crippen LogP contribution >= 0.6 is 0 Å². The lowest BCUT2D eigenvalue weighted by atomic mass is 9.80. The Bertz CT molecular complexity index is 557. The summed E-state index contributed by atoms with van der Waals surface area (Å²) < 4.78 is 0. The van der Waals surface area contributed by atoms with Gasteiger partial charge in [-0.3, -0.25) is 0 Å². The van der Waals surface area contributed by atoms with Crippen LogP contribution < -0.4 is 0 Å². The molecule has 0 saturated heterocycles. The van der Waals surface area contributed by atoms with Crippen molar-refractivity contribution in [1.82, 2.24) is 0 Å². The highest BCUT2D eigenvalue weighted by Gasteiger charge is 2.37. The molecule has 0 amide bonds. The Morgan fingerprint density at radius 3 is 2.35 bits per heavy atom. The summed E-state index contributed by atoms with van der Waals surface area (Å²) in [6.07, 6.45) is 5.68. The number of benzene rings is 1. The summed E-state index contributed by atoms with van der Waals surface area (Å²) in [7, 11) is 0. The fourth-order valence-electron chi connectivity index (χ4n) is 3.13. The highest BCUT2D eigenvalue weighted by atomic mass is 16.3. The van der Waals surface area contributed by atoms with Crippen molar-refractivity contribution in [2.24, 2.45) is 4.99 Å². The van der Waals surface area contributed by atoms with Crippen molar-refractivity contribution >= 4 is 6.08 Å². The molecule has 0 aromatic heterocycles. The number of hydrogen-bond donors (Lipinski definition) is 1. The molecule has 1 aliphatic rings. The van der Waals surface area contributed by atoms with Gasteiger partial charge in [-0.1, -0.05) is 33.6 Å². The maximum atomic E-state index is 10.8. The largest absolute Gasteiger partial charge is 0.507 e. The lowest BCUT2D eigenvalue weighted by Gasteiger charge is -2.28. The predicted molar refractivity (Wildman–Crippen MR) is 79.8 cm³/mol. The number of phenols is 1. The number of carbonyl (C=O) groups excluding carboxylic acids is 1. The third kappa shape index (κ3) is 2.51. The first-order chi connectivity index (χ1) is 9.30. The Balaban J connectivity index is 2.63. The Kier molecular flexibility index (Phi) is 3.75. The van der Waals surface area contributed by atoms with Crippen LogP contribution in [0.3, 0.4) is 0 Å². The molecule has 0 unspecified atom stereocenters. The monoisotopic (exact) mass is 273 g/mol. The molecule has 0 radical (unpaired) electrons. The molecule has 0 heterocycles. The van der Waals surface area contributed by atoms with E-state index in [0.29, 0.717) is 5.75 Å². The minimum absolute atomic E-state index is 0.143. The average molecular weight is 273 g/mol. The van der Waals surface area contributed by atoms with E-state index in [-0.39, 0.29) is 5.41 Å². The van der Waals surface area contributed by atoms with Crippen molar-refractivity contribution in [3.05, 3.63) is 28.8 Å². The molecule has 1 N–H and O–H groups in total. The molecular weight excluding hydrogens is 250 g/mol. The second kappa shape index (κ2) is 5.06. The first-order valence-corrected chi connectivity index (χ1v) is 7.24. The van der Waals surface area contributed by atoms with Crippen LogP contribution in [0, 0.1) is 6.92 Å². The minimum atomic E-state index is -0.430. The van der Waals surface area contributed by atoms with E-state index in [1.165, 1.54) is 0 Å². The summed E-state index contributed by atoms with van der Waals surface area (Å²) in [4.78, 5) is 15.0. The van der Waals surface area contributed by atoms with Gasteiger partial charge in [-0.15, -0.1) is 0 Å². The number of phenolic OH excluding ortho intramolecular Hbond substituents is 1. The van der Waals surface area contributed by atoms with Crippen molar-refractivity contribution in [2.75, 3.05) is 0 Å². The molecule has 1 aromatic carbocycles. The second-order valence-electron chi connectivity index (χ2n) is 6.88. The standard InChI is InChI=1S/C17H23NO2/c1-12-9-13(10-14(15(12)20)16(2,3)4)17(18-11-19)7-5-6-8-17/h9-10,20H,5-8H2,1-4H3. The van der Waals surface area contributed by atoms with Crippen LogP contribution in [-0.2, 0) is 15.7 Å². The molecule has 1 aliphatic carbocycles. The summed E-state index contributed by atoms with van der Waals surface area (Å²) in [6.45, 7) is 8.14. The zero-order valence-electron chi connectivity index (χ0n) is 12.8. The fraction of sp³-hybridized carbons (Fsp3) is 0.588. The van der Waals surface area contributed by atoms with Crippen LogP contribution in [-0.4, -0.2) is 11.2 Å². The lowest BCUT2D eigenvalue weighted by molar-refractivity contribution is 0.431. The molecule has 2 rings (SSSR count). The van der Waals surface area contributed by atoms with E-state index in [1.807, 2.05) is 19.1 Å². The van der Waals surface area contributed by atoms with Gasteiger partial charge in [-0.2, -0.15) is 4.99 Å². The van der Waals surface area contributed by atoms with Gasteiger partial charge >= 0.3 is 0 Å². The third-order valence-corrected chi connectivity index (χ3v) is 4.34. The number of isocyanates is 1. The highest BCUT2D eigenvalue weighted by molar-refractivity contribution is 5.49. The number of aryl methyl sites for hydroxylation is 1. The summed E-state index contributed by atoms with van der Waals surface area (Å²) in [5, 5.41) is 10.3. The smallest absolute Gasteiger partial charge is 0.235 e.